The van der Waals surface area contributed by atoms with Gasteiger partial charge >= 0.3 is 5.97 Å². The first kappa shape index (κ1) is 13.8. The number of hydrogen-bond donors (Lipinski definition) is 2. The number of hydrogen-bond acceptors (Lipinski definition) is 3. The number of carbonyl (C=O) groups is 3. The Bertz CT molecular complexity index is 447. The van der Waals surface area contributed by atoms with Gasteiger partial charge < -0.3 is 10.4 Å². The molecule has 0 saturated carbocycles. The summed E-state index contributed by atoms with van der Waals surface area (Å²) in [6, 6.07) is 6.62. The lowest BCUT2D eigenvalue weighted by molar-refractivity contribution is -0.139. The molecule has 1 rings (SSSR count). The predicted molar refractivity (Wildman–Crippen MR) is 60.9 cm³/mol. The van der Waals surface area contributed by atoms with E-state index < -0.39 is 36.8 Å². The van der Waals surface area contributed by atoms with Gasteiger partial charge in [0.1, 0.15) is 12.7 Å². The van der Waals surface area contributed by atoms with Gasteiger partial charge in [0.15, 0.2) is 5.78 Å². The highest BCUT2D eigenvalue weighted by Gasteiger charge is 2.23. The van der Waals surface area contributed by atoms with E-state index >= 15 is 0 Å². The van der Waals surface area contributed by atoms with Crippen LogP contribution in [0.3, 0.4) is 0 Å². The molecule has 96 valence electrons. The van der Waals surface area contributed by atoms with Crippen LogP contribution in [-0.4, -0.2) is 35.5 Å². The maximum atomic E-state index is 12.2. The molecule has 0 heterocycles. The number of aliphatic carboxylic acids is 1. The van der Waals surface area contributed by atoms with Crippen molar-refractivity contribution in [2.45, 2.75) is 12.5 Å². The molecule has 1 atom stereocenters. The highest BCUT2D eigenvalue weighted by molar-refractivity contribution is 5.99. The second kappa shape index (κ2) is 6.48. The van der Waals surface area contributed by atoms with E-state index in [1.807, 2.05) is 0 Å². The van der Waals surface area contributed by atoms with Crippen molar-refractivity contribution in [3.05, 3.63) is 35.9 Å². The molecule has 0 aromatic heterocycles. The van der Waals surface area contributed by atoms with Crippen molar-refractivity contribution in [1.82, 2.24) is 5.32 Å². The Labute approximate surface area is 103 Å². The largest absolute Gasteiger partial charge is 0.481 e. The van der Waals surface area contributed by atoms with Crippen molar-refractivity contribution in [2.24, 2.45) is 0 Å². The fourth-order valence-corrected chi connectivity index (χ4v) is 1.34. The molecule has 6 heteroatoms. The van der Waals surface area contributed by atoms with Gasteiger partial charge in [0.2, 0.25) is 0 Å². The number of alkyl halides is 1. The topological polar surface area (TPSA) is 83.5 Å². The van der Waals surface area contributed by atoms with Crippen LogP contribution in [-0.2, 0) is 9.59 Å². The minimum absolute atomic E-state index is 0.277. The number of benzene rings is 1. The number of carboxylic acid groups (broad SMARTS) is 1. The van der Waals surface area contributed by atoms with Crippen LogP contribution < -0.4 is 5.32 Å². The molecule has 0 saturated heterocycles. The summed E-state index contributed by atoms with van der Waals surface area (Å²) in [5, 5.41) is 10.8. The van der Waals surface area contributed by atoms with Crippen LogP contribution in [0, 0.1) is 0 Å². The minimum Gasteiger partial charge on any atom is -0.481 e. The fourth-order valence-electron chi connectivity index (χ4n) is 1.34. The molecule has 0 aliphatic carbocycles. The molecule has 1 unspecified atom stereocenters. The molecule has 0 radical (unpaired) electrons. The molecule has 1 amide bonds. The molecule has 0 aliphatic rings. The Morgan fingerprint density at radius 2 is 1.83 bits per heavy atom. The first-order chi connectivity index (χ1) is 8.54. The van der Waals surface area contributed by atoms with Gasteiger partial charge in [0.05, 0.1) is 6.42 Å². The molecule has 0 spiro atoms. The molecule has 0 fully saturated rings. The van der Waals surface area contributed by atoms with E-state index in [4.69, 9.17) is 5.11 Å². The molecule has 5 nitrogen and oxygen atoms in total. The Morgan fingerprint density at radius 3 is 2.33 bits per heavy atom. The standard InChI is InChI=1S/C12H12FNO4/c13-7-10(15)9(6-11(16)17)14-12(18)8-4-2-1-3-5-8/h1-5,9H,6-7H2,(H,14,18)(H,16,17). The van der Waals surface area contributed by atoms with Crippen LogP contribution >= 0.6 is 0 Å². The highest BCUT2D eigenvalue weighted by Crippen LogP contribution is 2.02. The Kier molecular flexibility index (Phi) is 4.98. The van der Waals surface area contributed by atoms with E-state index in [0.717, 1.165) is 0 Å². The lowest BCUT2D eigenvalue weighted by Gasteiger charge is -2.14. The number of amides is 1. The van der Waals surface area contributed by atoms with Crippen molar-refractivity contribution in [3.63, 3.8) is 0 Å². The molecular formula is C12H12FNO4. The summed E-state index contributed by atoms with van der Waals surface area (Å²) >= 11 is 0. The number of Topliss-reactive ketones (excluding diaryl/α,β-unsaturated/α-hetero) is 1. The van der Waals surface area contributed by atoms with Gasteiger partial charge in [-0.2, -0.15) is 0 Å². The van der Waals surface area contributed by atoms with Crippen LogP contribution in [0.1, 0.15) is 16.8 Å². The van der Waals surface area contributed by atoms with Gasteiger partial charge in [0, 0.05) is 5.56 Å². The van der Waals surface area contributed by atoms with Crippen molar-refractivity contribution in [2.75, 3.05) is 6.67 Å². The SMILES string of the molecule is O=C(O)CC(NC(=O)c1ccccc1)C(=O)CF. The van der Waals surface area contributed by atoms with Crippen LogP contribution in [0.5, 0.6) is 0 Å². The smallest absolute Gasteiger partial charge is 0.305 e. The number of carbonyl (C=O) groups excluding carboxylic acids is 2. The normalized spacial score (nSPS) is 11.6. The van der Waals surface area contributed by atoms with Gasteiger partial charge in [-0.1, -0.05) is 18.2 Å². The first-order valence-electron chi connectivity index (χ1n) is 5.21. The van der Waals surface area contributed by atoms with Crippen molar-refractivity contribution in [3.8, 4) is 0 Å². The number of ketones is 1. The number of rotatable bonds is 6. The van der Waals surface area contributed by atoms with E-state index in [9.17, 15) is 18.8 Å². The number of nitrogens with one attached hydrogen (secondary N) is 1. The molecule has 1 aromatic carbocycles. The van der Waals surface area contributed by atoms with Crippen LogP contribution in [0.25, 0.3) is 0 Å². The zero-order valence-electron chi connectivity index (χ0n) is 9.43. The summed E-state index contributed by atoms with van der Waals surface area (Å²) in [7, 11) is 0. The van der Waals surface area contributed by atoms with E-state index in [1.165, 1.54) is 12.1 Å². The summed E-state index contributed by atoms with van der Waals surface area (Å²) in [5.74, 6) is -2.85. The predicted octanol–water partition coefficient (Wildman–Crippen LogP) is 0.798. The molecule has 0 aliphatic heterocycles. The highest BCUT2D eigenvalue weighted by atomic mass is 19.1. The van der Waals surface area contributed by atoms with Crippen LogP contribution in [0.4, 0.5) is 4.39 Å². The quantitative estimate of drug-likeness (QED) is 0.785. The summed E-state index contributed by atoms with van der Waals surface area (Å²) in [6.45, 7) is -1.31. The molecule has 18 heavy (non-hydrogen) atoms. The lowest BCUT2D eigenvalue weighted by Crippen LogP contribution is -2.43. The molecule has 0 bridgehead atoms. The van der Waals surface area contributed by atoms with Gasteiger partial charge in [-0.05, 0) is 12.1 Å². The lowest BCUT2D eigenvalue weighted by atomic mass is 10.1. The zero-order valence-corrected chi connectivity index (χ0v) is 9.43. The summed E-state index contributed by atoms with van der Waals surface area (Å²) in [4.78, 5) is 33.4. The monoisotopic (exact) mass is 253 g/mol. The van der Waals surface area contributed by atoms with Crippen molar-refractivity contribution in [1.29, 1.82) is 0 Å². The third-order valence-corrected chi connectivity index (χ3v) is 2.24. The maximum Gasteiger partial charge on any atom is 0.305 e. The van der Waals surface area contributed by atoms with Gasteiger partial charge in [-0.25, -0.2) is 4.39 Å². The van der Waals surface area contributed by atoms with Crippen molar-refractivity contribution >= 4 is 17.7 Å². The fraction of sp³-hybridized carbons (Fsp3) is 0.250. The summed E-state index contributed by atoms with van der Waals surface area (Å²) < 4.78 is 12.2. The number of halogens is 1. The second-order valence-electron chi connectivity index (χ2n) is 3.59. The average molecular weight is 253 g/mol. The second-order valence-corrected chi connectivity index (χ2v) is 3.59. The summed E-state index contributed by atoms with van der Waals surface area (Å²) in [6.07, 6.45) is -0.638. The minimum atomic E-state index is -1.35. The maximum absolute atomic E-state index is 12.2. The number of carboxylic acids is 1. The van der Waals surface area contributed by atoms with Gasteiger partial charge in [0.25, 0.3) is 5.91 Å². The third kappa shape index (κ3) is 3.97. The first-order valence-corrected chi connectivity index (χ1v) is 5.21. The Hall–Kier alpha value is -2.24. The van der Waals surface area contributed by atoms with E-state index in [-0.39, 0.29) is 5.56 Å². The van der Waals surface area contributed by atoms with Crippen LogP contribution in [0.2, 0.25) is 0 Å². The van der Waals surface area contributed by atoms with E-state index in [0.29, 0.717) is 0 Å². The van der Waals surface area contributed by atoms with E-state index in [2.05, 4.69) is 5.32 Å². The molecule has 1 aromatic rings. The molecular weight excluding hydrogens is 241 g/mol. The van der Waals surface area contributed by atoms with E-state index in [1.54, 1.807) is 18.2 Å². The third-order valence-electron chi connectivity index (χ3n) is 2.24. The Balaban J connectivity index is 2.74. The van der Waals surface area contributed by atoms with Crippen molar-refractivity contribution < 1.29 is 23.9 Å². The van der Waals surface area contributed by atoms with Gasteiger partial charge in [-0.15, -0.1) is 0 Å². The Morgan fingerprint density at radius 1 is 1.22 bits per heavy atom. The summed E-state index contributed by atoms with van der Waals surface area (Å²) in [5.41, 5.74) is 0.277. The van der Waals surface area contributed by atoms with Gasteiger partial charge in [-0.3, -0.25) is 14.4 Å². The molecule has 2 N–H and O–H groups in total. The average Bonchev–Trinajstić information content (AvgIpc) is 2.37. The van der Waals surface area contributed by atoms with Crippen LogP contribution in [0.15, 0.2) is 30.3 Å². The zero-order chi connectivity index (χ0) is 13.5.